The minimum absolute atomic E-state index is 0.151. The molecule has 0 saturated carbocycles. The van der Waals surface area contributed by atoms with Crippen LogP contribution >= 0.6 is 34.7 Å². The van der Waals surface area contributed by atoms with Crippen LogP contribution in [0.2, 0.25) is 5.02 Å². The molecule has 170 valence electrons. The molecule has 0 radical (unpaired) electrons. The Kier molecular flexibility index (Phi) is 7.32. The standard InChI is InChI=1S/C23H22ClN5O2S2/c1-14-4-6-16(7-5-14)18-12-32-22(25-18)26-21(30)13-33-23-28-27-20(29(23)3)11-31-19-9-8-17(24)10-15(19)2/h4-10,12H,11,13H2,1-3H3,(H,25,26,30). The van der Waals surface area contributed by atoms with Crippen LogP contribution in [-0.2, 0) is 18.4 Å². The molecule has 1 N–H and O–H groups in total. The van der Waals surface area contributed by atoms with Gasteiger partial charge in [0.05, 0.1) is 11.4 Å². The van der Waals surface area contributed by atoms with E-state index in [1.165, 1.54) is 28.7 Å². The first kappa shape index (κ1) is 23.3. The molecule has 33 heavy (non-hydrogen) atoms. The van der Waals surface area contributed by atoms with E-state index in [2.05, 4.69) is 20.5 Å². The lowest BCUT2D eigenvalue weighted by molar-refractivity contribution is -0.113. The molecule has 1 amide bonds. The summed E-state index contributed by atoms with van der Waals surface area (Å²) in [5.41, 5.74) is 4.01. The zero-order chi connectivity index (χ0) is 23.4. The maximum Gasteiger partial charge on any atom is 0.236 e. The SMILES string of the molecule is Cc1ccc(-c2csc(NC(=O)CSc3nnc(COc4ccc(Cl)cc4C)n3C)n2)cc1. The number of thioether (sulfide) groups is 1. The molecule has 4 aromatic rings. The van der Waals surface area contributed by atoms with Crippen LogP contribution in [0, 0.1) is 13.8 Å². The van der Waals surface area contributed by atoms with E-state index < -0.39 is 0 Å². The quantitative estimate of drug-likeness (QED) is 0.321. The lowest BCUT2D eigenvalue weighted by Crippen LogP contribution is -2.14. The van der Waals surface area contributed by atoms with Crippen LogP contribution in [0.3, 0.4) is 0 Å². The van der Waals surface area contributed by atoms with E-state index in [9.17, 15) is 4.79 Å². The van der Waals surface area contributed by atoms with Crippen LogP contribution in [0.15, 0.2) is 53.0 Å². The molecule has 0 saturated heterocycles. The zero-order valence-electron chi connectivity index (χ0n) is 18.3. The summed E-state index contributed by atoms with van der Waals surface area (Å²) in [7, 11) is 1.85. The average molecular weight is 500 g/mol. The Hall–Kier alpha value is -2.88. The number of hydrogen-bond donors (Lipinski definition) is 1. The second kappa shape index (κ2) is 10.4. The molecule has 2 aromatic heterocycles. The van der Waals surface area contributed by atoms with Gasteiger partial charge in [-0.25, -0.2) is 4.98 Å². The number of rotatable bonds is 8. The third kappa shape index (κ3) is 5.93. The van der Waals surface area contributed by atoms with Crippen molar-refractivity contribution in [3.8, 4) is 17.0 Å². The number of ether oxygens (including phenoxy) is 1. The summed E-state index contributed by atoms with van der Waals surface area (Å²) >= 11 is 8.70. The summed E-state index contributed by atoms with van der Waals surface area (Å²) in [5.74, 6) is 1.45. The normalized spacial score (nSPS) is 10.9. The molecule has 0 aliphatic heterocycles. The Morgan fingerprint density at radius 2 is 1.97 bits per heavy atom. The van der Waals surface area contributed by atoms with Crippen LogP contribution in [-0.4, -0.2) is 31.4 Å². The fraction of sp³-hybridized carbons (Fsp3) is 0.217. The van der Waals surface area contributed by atoms with E-state index in [1.54, 1.807) is 6.07 Å². The maximum absolute atomic E-state index is 12.4. The van der Waals surface area contributed by atoms with Gasteiger partial charge < -0.3 is 14.6 Å². The number of amides is 1. The summed E-state index contributed by atoms with van der Waals surface area (Å²) in [6, 6.07) is 13.6. The molecule has 0 unspecified atom stereocenters. The summed E-state index contributed by atoms with van der Waals surface area (Å²) in [5, 5.41) is 15.0. The summed E-state index contributed by atoms with van der Waals surface area (Å²) in [4.78, 5) is 16.9. The predicted molar refractivity (Wildman–Crippen MR) is 133 cm³/mol. The first-order valence-electron chi connectivity index (χ1n) is 10.1. The highest BCUT2D eigenvalue weighted by atomic mass is 35.5. The van der Waals surface area contributed by atoms with Gasteiger partial charge in [0.1, 0.15) is 12.4 Å². The molecule has 0 atom stereocenters. The number of thiazole rings is 1. The van der Waals surface area contributed by atoms with Gasteiger partial charge in [0, 0.05) is 23.0 Å². The van der Waals surface area contributed by atoms with Crippen LogP contribution in [0.1, 0.15) is 17.0 Å². The van der Waals surface area contributed by atoms with Crippen molar-refractivity contribution < 1.29 is 9.53 Å². The van der Waals surface area contributed by atoms with E-state index >= 15 is 0 Å². The topological polar surface area (TPSA) is 81.9 Å². The van der Waals surface area contributed by atoms with Gasteiger partial charge in [-0.05, 0) is 37.6 Å². The Labute approximate surface area is 205 Å². The van der Waals surface area contributed by atoms with Gasteiger partial charge in [-0.15, -0.1) is 21.5 Å². The second-order valence-corrected chi connectivity index (χ2v) is 9.63. The largest absolute Gasteiger partial charge is 0.485 e. The monoisotopic (exact) mass is 499 g/mol. The number of nitrogens with zero attached hydrogens (tertiary/aromatic N) is 4. The third-order valence-corrected chi connectivity index (χ3v) is 6.86. The fourth-order valence-electron chi connectivity index (χ4n) is 2.99. The molecular formula is C23H22ClN5O2S2. The number of aromatic nitrogens is 4. The van der Waals surface area contributed by atoms with Crippen molar-refractivity contribution in [2.75, 3.05) is 11.1 Å². The highest BCUT2D eigenvalue weighted by Crippen LogP contribution is 2.26. The molecule has 0 aliphatic carbocycles. The number of anilines is 1. The molecule has 0 spiro atoms. The Morgan fingerprint density at radius 3 is 2.73 bits per heavy atom. The summed E-state index contributed by atoms with van der Waals surface area (Å²) < 4.78 is 7.67. The molecule has 4 rings (SSSR count). The van der Waals surface area contributed by atoms with Crippen molar-refractivity contribution in [2.24, 2.45) is 7.05 Å². The maximum atomic E-state index is 12.4. The van der Waals surface area contributed by atoms with Gasteiger partial charge in [-0.3, -0.25) is 4.79 Å². The van der Waals surface area contributed by atoms with E-state index in [4.69, 9.17) is 16.3 Å². The first-order chi connectivity index (χ1) is 15.9. The number of aryl methyl sites for hydroxylation is 2. The van der Waals surface area contributed by atoms with Crippen LogP contribution in [0.4, 0.5) is 5.13 Å². The minimum Gasteiger partial charge on any atom is -0.485 e. The molecular weight excluding hydrogens is 478 g/mol. The number of halogens is 1. The summed E-state index contributed by atoms with van der Waals surface area (Å²) in [6.45, 7) is 4.24. The van der Waals surface area contributed by atoms with Crippen LogP contribution < -0.4 is 10.1 Å². The van der Waals surface area contributed by atoms with E-state index in [0.29, 0.717) is 21.1 Å². The lowest BCUT2D eigenvalue weighted by Gasteiger charge is -2.09. The molecule has 7 nitrogen and oxygen atoms in total. The highest BCUT2D eigenvalue weighted by molar-refractivity contribution is 7.99. The molecule has 0 fully saturated rings. The number of carbonyl (C=O) groups is 1. The van der Waals surface area contributed by atoms with Crippen LogP contribution in [0.25, 0.3) is 11.3 Å². The van der Waals surface area contributed by atoms with Crippen molar-refractivity contribution in [1.29, 1.82) is 0 Å². The number of carbonyl (C=O) groups excluding carboxylic acids is 1. The van der Waals surface area contributed by atoms with E-state index in [-0.39, 0.29) is 18.3 Å². The van der Waals surface area contributed by atoms with Gasteiger partial charge in [0.15, 0.2) is 16.1 Å². The van der Waals surface area contributed by atoms with Gasteiger partial charge in [0.25, 0.3) is 0 Å². The fourth-order valence-corrected chi connectivity index (χ4v) is 4.68. The second-order valence-electron chi connectivity index (χ2n) is 7.40. The van der Waals surface area contributed by atoms with Crippen molar-refractivity contribution in [3.63, 3.8) is 0 Å². The van der Waals surface area contributed by atoms with E-state index in [1.807, 2.05) is 67.2 Å². The smallest absolute Gasteiger partial charge is 0.236 e. The number of nitrogens with one attached hydrogen (secondary N) is 1. The first-order valence-corrected chi connectivity index (χ1v) is 12.4. The lowest BCUT2D eigenvalue weighted by atomic mass is 10.1. The highest BCUT2D eigenvalue weighted by Gasteiger charge is 2.14. The molecule has 2 heterocycles. The Bertz CT molecular complexity index is 1270. The average Bonchev–Trinajstić information content (AvgIpc) is 3.39. The van der Waals surface area contributed by atoms with Crippen molar-refractivity contribution in [1.82, 2.24) is 19.7 Å². The van der Waals surface area contributed by atoms with Crippen molar-refractivity contribution in [2.45, 2.75) is 25.6 Å². The number of benzene rings is 2. The van der Waals surface area contributed by atoms with Gasteiger partial charge in [-0.2, -0.15) is 0 Å². The zero-order valence-corrected chi connectivity index (χ0v) is 20.7. The van der Waals surface area contributed by atoms with Gasteiger partial charge >= 0.3 is 0 Å². The number of hydrogen-bond acceptors (Lipinski definition) is 7. The van der Waals surface area contributed by atoms with Crippen molar-refractivity contribution >= 4 is 45.7 Å². The van der Waals surface area contributed by atoms with E-state index in [0.717, 1.165) is 22.6 Å². The molecule has 0 aliphatic rings. The van der Waals surface area contributed by atoms with Crippen LogP contribution in [0.5, 0.6) is 5.75 Å². The van der Waals surface area contributed by atoms with Crippen molar-refractivity contribution in [3.05, 3.63) is 69.8 Å². The van der Waals surface area contributed by atoms with Gasteiger partial charge in [-0.1, -0.05) is 53.2 Å². The summed E-state index contributed by atoms with van der Waals surface area (Å²) in [6.07, 6.45) is 0. The Balaban J connectivity index is 1.30. The third-order valence-electron chi connectivity index (χ3n) is 4.85. The molecule has 0 bridgehead atoms. The predicted octanol–water partition coefficient (Wildman–Crippen LogP) is 5.52. The Morgan fingerprint density at radius 1 is 1.18 bits per heavy atom. The van der Waals surface area contributed by atoms with Gasteiger partial charge in [0.2, 0.25) is 5.91 Å². The minimum atomic E-state index is -0.151. The molecule has 2 aromatic carbocycles. The molecule has 10 heteroatoms.